The minimum Gasteiger partial charge on any atom is -0.468 e. The summed E-state index contributed by atoms with van der Waals surface area (Å²) in [6.07, 6.45) is 1.69. The number of nitrogens with two attached hydrogens (primary N) is 1. The van der Waals surface area contributed by atoms with E-state index in [-0.39, 0.29) is 23.7 Å². The lowest BCUT2D eigenvalue weighted by Crippen LogP contribution is -2.45. The van der Waals surface area contributed by atoms with Gasteiger partial charge >= 0.3 is 11.7 Å². The van der Waals surface area contributed by atoms with Gasteiger partial charge in [0.05, 0.1) is 19.4 Å². The molecule has 0 fully saturated rings. The number of hydrogen-bond donors (Lipinski definition) is 1. The summed E-state index contributed by atoms with van der Waals surface area (Å²) in [5.41, 5.74) is 5.63. The zero-order valence-electron chi connectivity index (χ0n) is 21.1. The van der Waals surface area contributed by atoms with Gasteiger partial charge in [0.2, 0.25) is 0 Å². The summed E-state index contributed by atoms with van der Waals surface area (Å²) >= 11 is 1.07. The Labute approximate surface area is 227 Å². The van der Waals surface area contributed by atoms with Crippen LogP contribution >= 0.6 is 11.8 Å². The number of esters is 1. The van der Waals surface area contributed by atoms with Crippen molar-refractivity contribution in [3.05, 3.63) is 105 Å². The molecule has 0 spiro atoms. The van der Waals surface area contributed by atoms with Crippen molar-refractivity contribution < 1.29 is 14.3 Å². The van der Waals surface area contributed by atoms with E-state index >= 15 is 0 Å². The maximum Gasteiger partial charge on any atom is 0.333 e. The first-order valence-corrected chi connectivity index (χ1v) is 12.8. The van der Waals surface area contributed by atoms with E-state index in [1.807, 2.05) is 36.4 Å². The first-order chi connectivity index (χ1) is 18.8. The van der Waals surface area contributed by atoms with Crippen molar-refractivity contribution in [3.8, 4) is 11.4 Å². The lowest BCUT2D eigenvalue weighted by molar-refractivity contribution is -0.141. The molecule has 200 valence electrons. The van der Waals surface area contributed by atoms with Crippen molar-refractivity contribution in [1.29, 1.82) is 0 Å². The second-order valence-electron chi connectivity index (χ2n) is 8.37. The Balaban J connectivity index is 1.70. The van der Waals surface area contributed by atoms with Gasteiger partial charge in [-0.25, -0.2) is 9.36 Å². The molecule has 0 bridgehead atoms. The number of carbonyl (C=O) groups is 2. The zero-order chi connectivity index (χ0) is 27.9. The van der Waals surface area contributed by atoms with Gasteiger partial charge in [0, 0.05) is 12.1 Å². The second kappa shape index (κ2) is 12.2. The summed E-state index contributed by atoms with van der Waals surface area (Å²) in [5, 5.41) is 8.93. The third kappa shape index (κ3) is 5.91. The Morgan fingerprint density at radius 1 is 1.00 bits per heavy atom. The molecule has 11 nitrogen and oxygen atoms in total. The number of Topliss-reactive ketones (excluding diaryl/α,β-unsaturated/α-hetero) is 1. The van der Waals surface area contributed by atoms with Gasteiger partial charge in [-0.2, -0.15) is 0 Å². The highest BCUT2D eigenvalue weighted by Gasteiger charge is 2.25. The van der Waals surface area contributed by atoms with E-state index in [1.54, 1.807) is 34.9 Å². The maximum atomic E-state index is 13.4. The summed E-state index contributed by atoms with van der Waals surface area (Å²) in [6, 6.07) is 18.4. The number of ether oxygens (including phenoxy) is 1. The first kappa shape index (κ1) is 27.3. The maximum absolute atomic E-state index is 13.4. The summed E-state index contributed by atoms with van der Waals surface area (Å²) < 4.78 is 8.21. The Bertz CT molecular complexity index is 1630. The largest absolute Gasteiger partial charge is 0.468 e. The lowest BCUT2D eigenvalue weighted by atomic mass is 10.2. The predicted octanol–water partition coefficient (Wildman–Crippen LogP) is 2.23. The molecule has 0 aliphatic rings. The topological polar surface area (TPSA) is 144 Å². The van der Waals surface area contributed by atoms with Gasteiger partial charge in [0.1, 0.15) is 17.9 Å². The number of aromatic nitrogens is 5. The quantitative estimate of drug-likeness (QED) is 0.130. The smallest absolute Gasteiger partial charge is 0.333 e. The monoisotopic (exact) mass is 546 g/mol. The number of ketones is 1. The van der Waals surface area contributed by atoms with Crippen LogP contribution < -0.4 is 17.0 Å². The first-order valence-electron chi connectivity index (χ1n) is 11.8. The Morgan fingerprint density at radius 2 is 1.67 bits per heavy atom. The van der Waals surface area contributed by atoms with Crippen molar-refractivity contribution in [1.82, 2.24) is 23.9 Å². The standard InChI is InChI=1S/C27H26N6O5S/c1-3-14-31-24(19-12-8-5-9-13-19)29-30-26(31)39-17-20(34)22-23(28)32(15-18-10-6-4-7-11-18)27(37)33(25(22)36)16-21(35)38-2/h3-13H,1,14-17,28H2,2H3. The van der Waals surface area contributed by atoms with Crippen LogP contribution in [0, 0.1) is 0 Å². The van der Waals surface area contributed by atoms with Crippen LogP contribution in [0.5, 0.6) is 0 Å². The van der Waals surface area contributed by atoms with Gasteiger partial charge in [-0.3, -0.25) is 23.5 Å². The van der Waals surface area contributed by atoms with E-state index in [2.05, 4.69) is 21.5 Å². The van der Waals surface area contributed by atoms with Crippen molar-refractivity contribution in [2.75, 3.05) is 18.6 Å². The van der Waals surface area contributed by atoms with Crippen molar-refractivity contribution in [2.45, 2.75) is 24.8 Å². The number of methoxy groups -OCH3 is 1. The van der Waals surface area contributed by atoms with Crippen LogP contribution in [0.1, 0.15) is 15.9 Å². The van der Waals surface area contributed by atoms with Gasteiger partial charge in [-0.1, -0.05) is 78.5 Å². The fraction of sp³-hybridized carbons (Fsp3) is 0.185. The molecule has 0 radical (unpaired) electrons. The van der Waals surface area contributed by atoms with Crippen LogP contribution in [0.4, 0.5) is 5.82 Å². The fourth-order valence-electron chi connectivity index (χ4n) is 3.92. The molecule has 39 heavy (non-hydrogen) atoms. The highest BCUT2D eigenvalue weighted by atomic mass is 32.2. The molecular formula is C27H26N6O5S. The van der Waals surface area contributed by atoms with Crippen LogP contribution in [0.25, 0.3) is 11.4 Å². The van der Waals surface area contributed by atoms with Gasteiger partial charge in [0.25, 0.3) is 5.56 Å². The number of hydrogen-bond acceptors (Lipinski definition) is 9. The summed E-state index contributed by atoms with van der Waals surface area (Å²) in [7, 11) is 1.14. The van der Waals surface area contributed by atoms with Gasteiger partial charge in [-0.05, 0) is 5.56 Å². The number of rotatable bonds is 11. The van der Waals surface area contributed by atoms with Crippen molar-refractivity contribution >= 4 is 29.3 Å². The molecule has 0 unspecified atom stereocenters. The number of nitrogen functional groups attached to an aromatic ring is 1. The Morgan fingerprint density at radius 3 is 2.31 bits per heavy atom. The molecular weight excluding hydrogens is 520 g/mol. The SMILES string of the molecule is C=CCn1c(SCC(=O)c2c(N)n(Cc3ccccc3)c(=O)n(CC(=O)OC)c2=O)nnc1-c1ccccc1. The summed E-state index contributed by atoms with van der Waals surface area (Å²) in [4.78, 5) is 51.8. The molecule has 0 aliphatic carbocycles. The molecule has 2 aromatic heterocycles. The summed E-state index contributed by atoms with van der Waals surface area (Å²) in [6.45, 7) is 3.51. The van der Waals surface area contributed by atoms with E-state index in [9.17, 15) is 19.2 Å². The number of benzene rings is 2. The molecule has 2 aromatic carbocycles. The van der Waals surface area contributed by atoms with Crippen LogP contribution in [0.15, 0.2) is 88.1 Å². The molecule has 2 N–H and O–H groups in total. The molecule has 0 aliphatic heterocycles. The number of nitrogens with zero attached hydrogens (tertiary/aromatic N) is 5. The Hall–Kier alpha value is -4.71. The molecule has 0 saturated heterocycles. The molecule has 0 atom stereocenters. The van der Waals surface area contributed by atoms with Crippen LogP contribution in [-0.2, 0) is 29.2 Å². The van der Waals surface area contributed by atoms with E-state index in [0.29, 0.717) is 27.7 Å². The Kier molecular flexibility index (Phi) is 8.56. The highest BCUT2D eigenvalue weighted by molar-refractivity contribution is 7.99. The minimum absolute atomic E-state index is 0.00548. The highest BCUT2D eigenvalue weighted by Crippen LogP contribution is 2.25. The van der Waals surface area contributed by atoms with Crippen LogP contribution in [0.2, 0.25) is 0 Å². The zero-order valence-corrected chi connectivity index (χ0v) is 22.0. The molecule has 0 saturated carbocycles. The lowest BCUT2D eigenvalue weighted by Gasteiger charge is -2.16. The average Bonchev–Trinajstić information content (AvgIpc) is 3.35. The number of carbonyl (C=O) groups excluding carboxylic acids is 2. The second-order valence-corrected chi connectivity index (χ2v) is 9.31. The van der Waals surface area contributed by atoms with E-state index in [4.69, 9.17) is 5.73 Å². The summed E-state index contributed by atoms with van der Waals surface area (Å²) in [5.74, 6) is -1.34. The van der Waals surface area contributed by atoms with Crippen molar-refractivity contribution in [2.24, 2.45) is 0 Å². The normalized spacial score (nSPS) is 10.8. The van der Waals surface area contributed by atoms with E-state index < -0.39 is 29.5 Å². The van der Waals surface area contributed by atoms with Gasteiger partial charge in [-0.15, -0.1) is 16.8 Å². The van der Waals surface area contributed by atoms with Gasteiger partial charge < -0.3 is 10.5 Å². The van der Waals surface area contributed by atoms with Crippen LogP contribution in [0.3, 0.4) is 0 Å². The fourth-order valence-corrected chi connectivity index (χ4v) is 4.74. The number of anilines is 1. The van der Waals surface area contributed by atoms with E-state index in [1.165, 1.54) is 0 Å². The molecule has 2 heterocycles. The molecule has 4 rings (SSSR count). The third-order valence-corrected chi connectivity index (χ3v) is 6.80. The number of allylic oxidation sites excluding steroid dienone is 1. The number of thioether (sulfide) groups is 1. The van der Waals surface area contributed by atoms with Crippen molar-refractivity contribution in [3.63, 3.8) is 0 Å². The molecule has 4 aromatic rings. The van der Waals surface area contributed by atoms with E-state index in [0.717, 1.165) is 29.0 Å². The predicted molar refractivity (Wildman–Crippen MR) is 148 cm³/mol. The third-order valence-electron chi connectivity index (χ3n) is 5.84. The van der Waals surface area contributed by atoms with Gasteiger partial charge in [0.15, 0.2) is 16.8 Å². The average molecular weight is 547 g/mol. The molecule has 12 heteroatoms. The minimum atomic E-state index is -0.963. The molecule has 0 amide bonds. The van der Waals surface area contributed by atoms with Crippen LogP contribution in [-0.4, -0.2) is 48.5 Å².